The van der Waals surface area contributed by atoms with Crippen LogP contribution in [-0.2, 0) is 14.3 Å². The summed E-state index contributed by atoms with van der Waals surface area (Å²) in [6.07, 6.45) is 1.59. The third-order valence-corrected chi connectivity index (χ3v) is 5.74. The lowest BCUT2D eigenvalue weighted by Gasteiger charge is -2.28. The SMILES string of the molecule is CCOC(=O)C1C(=O)C=C(c2c([O-])on[n+]2-c2ccc(C)cc2)CC1c1ccc(OC)cc1. The van der Waals surface area contributed by atoms with Gasteiger partial charge in [-0.15, -0.1) is 0 Å². The fourth-order valence-electron chi connectivity index (χ4n) is 4.09. The zero-order valence-electron chi connectivity index (χ0n) is 18.6. The van der Waals surface area contributed by atoms with Crippen molar-refractivity contribution in [2.45, 2.75) is 26.2 Å². The summed E-state index contributed by atoms with van der Waals surface area (Å²) in [4.78, 5) is 25.9. The topological polar surface area (TPSA) is 106 Å². The molecule has 1 aromatic heterocycles. The highest BCUT2D eigenvalue weighted by molar-refractivity contribution is 6.10. The second-order valence-electron chi connectivity index (χ2n) is 7.84. The van der Waals surface area contributed by atoms with Crippen LogP contribution in [0.4, 0.5) is 0 Å². The smallest absolute Gasteiger partial charge is 0.317 e. The van der Waals surface area contributed by atoms with Crippen LogP contribution in [0.2, 0.25) is 0 Å². The molecule has 33 heavy (non-hydrogen) atoms. The Kier molecular flexibility index (Phi) is 6.26. The fourth-order valence-corrected chi connectivity index (χ4v) is 4.09. The van der Waals surface area contributed by atoms with E-state index in [-0.39, 0.29) is 18.7 Å². The summed E-state index contributed by atoms with van der Waals surface area (Å²) in [6, 6.07) is 14.6. The molecule has 170 valence electrons. The van der Waals surface area contributed by atoms with Gasteiger partial charge in [-0.1, -0.05) is 29.8 Å². The van der Waals surface area contributed by atoms with E-state index in [1.54, 1.807) is 26.2 Å². The molecule has 2 unspecified atom stereocenters. The first-order valence-electron chi connectivity index (χ1n) is 10.6. The molecule has 0 saturated carbocycles. The first kappa shape index (κ1) is 22.3. The number of hydrogen-bond donors (Lipinski definition) is 0. The van der Waals surface area contributed by atoms with E-state index in [9.17, 15) is 14.7 Å². The molecule has 0 radical (unpaired) electrons. The van der Waals surface area contributed by atoms with Gasteiger partial charge in [-0.05, 0) is 48.7 Å². The van der Waals surface area contributed by atoms with Crippen molar-refractivity contribution < 1.29 is 33.4 Å². The third-order valence-electron chi connectivity index (χ3n) is 5.74. The average Bonchev–Trinajstić information content (AvgIpc) is 3.20. The Morgan fingerprint density at radius 2 is 1.88 bits per heavy atom. The summed E-state index contributed by atoms with van der Waals surface area (Å²) < 4.78 is 16.8. The normalized spacial score (nSPS) is 18.0. The number of aryl methyl sites for hydroxylation is 1. The lowest BCUT2D eigenvalue weighted by atomic mass is 9.74. The molecule has 1 heterocycles. The highest BCUT2D eigenvalue weighted by Gasteiger charge is 2.42. The number of esters is 1. The molecule has 0 spiro atoms. The maximum atomic E-state index is 13.2. The number of ether oxygens (including phenoxy) is 2. The van der Waals surface area contributed by atoms with Gasteiger partial charge in [0.25, 0.3) is 5.69 Å². The van der Waals surface area contributed by atoms with E-state index < -0.39 is 29.5 Å². The summed E-state index contributed by atoms with van der Waals surface area (Å²) >= 11 is 0. The van der Waals surface area contributed by atoms with E-state index in [1.165, 1.54) is 10.8 Å². The van der Waals surface area contributed by atoms with Gasteiger partial charge in [-0.2, -0.15) is 0 Å². The van der Waals surface area contributed by atoms with Gasteiger partial charge in [0.2, 0.25) is 5.69 Å². The second-order valence-corrected chi connectivity index (χ2v) is 7.84. The van der Waals surface area contributed by atoms with Crippen molar-refractivity contribution in [3.63, 3.8) is 0 Å². The van der Waals surface area contributed by atoms with Crippen molar-refractivity contribution in [3.05, 3.63) is 71.4 Å². The Bertz CT molecular complexity index is 1190. The van der Waals surface area contributed by atoms with Gasteiger partial charge in [0.05, 0.1) is 19.0 Å². The standard InChI is InChI=1S/C25H24N2O6/c1-4-32-24(29)22-20(16-7-11-19(31-3)12-8-16)13-17(14-21(22)28)23-25(30)33-26-27(23)18-9-5-15(2)6-10-18/h5-12,14,20,22H,4,13H2,1-3H3. The number of allylic oxidation sites excluding steroid dienone is 2. The molecule has 3 aromatic rings. The van der Waals surface area contributed by atoms with E-state index >= 15 is 0 Å². The Labute approximate surface area is 191 Å². The van der Waals surface area contributed by atoms with E-state index in [0.717, 1.165) is 11.1 Å². The summed E-state index contributed by atoms with van der Waals surface area (Å²) in [7, 11) is 1.56. The molecule has 0 fully saturated rings. The number of methoxy groups -OCH3 is 1. The number of rotatable bonds is 6. The van der Waals surface area contributed by atoms with Crippen LogP contribution >= 0.6 is 0 Å². The molecule has 1 aliphatic carbocycles. The van der Waals surface area contributed by atoms with Crippen LogP contribution in [0.5, 0.6) is 11.7 Å². The Morgan fingerprint density at radius 3 is 2.52 bits per heavy atom. The molecular formula is C25H24N2O6. The molecular weight excluding hydrogens is 424 g/mol. The first-order chi connectivity index (χ1) is 15.9. The summed E-state index contributed by atoms with van der Waals surface area (Å²) in [5.41, 5.74) is 3.05. The minimum absolute atomic E-state index is 0.160. The quantitative estimate of drug-likeness (QED) is 0.324. The first-order valence-corrected chi connectivity index (χ1v) is 10.6. The van der Waals surface area contributed by atoms with Crippen molar-refractivity contribution in [1.82, 2.24) is 5.27 Å². The minimum Gasteiger partial charge on any atom is -0.539 e. The number of nitrogens with zero attached hydrogens (tertiary/aromatic N) is 2. The van der Waals surface area contributed by atoms with E-state index in [0.29, 0.717) is 17.0 Å². The maximum absolute atomic E-state index is 13.2. The van der Waals surface area contributed by atoms with Crippen LogP contribution in [-0.4, -0.2) is 30.7 Å². The molecule has 0 amide bonds. The van der Waals surface area contributed by atoms with Crippen LogP contribution < -0.4 is 14.5 Å². The lowest BCUT2D eigenvalue weighted by molar-refractivity contribution is -0.672. The van der Waals surface area contributed by atoms with Crippen LogP contribution in [0, 0.1) is 12.8 Å². The monoisotopic (exact) mass is 448 g/mol. The molecule has 0 N–H and O–H groups in total. The predicted molar refractivity (Wildman–Crippen MR) is 116 cm³/mol. The van der Waals surface area contributed by atoms with Crippen molar-refractivity contribution in [2.75, 3.05) is 13.7 Å². The van der Waals surface area contributed by atoms with Crippen LogP contribution in [0.25, 0.3) is 11.3 Å². The molecule has 4 rings (SSSR count). The van der Waals surface area contributed by atoms with Gasteiger partial charge in [0.1, 0.15) is 11.7 Å². The van der Waals surface area contributed by atoms with Crippen LogP contribution in [0.1, 0.15) is 36.1 Å². The third kappa shape index (κ3) is 4.37. The molecule has 2 aromatic carbocycles. The molecule has 8 nitrogen and oxygen atoms in total. The maximum Gasteiger partial charge on any atom is 0.317 e. The largest absolute Gasteiger partial charge is 0.539 e. The van der Waals surface area contributed by atoms with Gasteiger partial charge in [-0.3, -0.25) is 9.59 Å². The zero-order chi connectivity index (χ0) is 23.5. The van der Waals surface area contributed by atoms with Crippen LogP contribution in [0.15, 0.2) is 59.1 Å². The van der Waals surface area contributed by atoms with Crippen molar-refractivity contribution in [3.8, 4) is 17.4 Å². The van der Waals surface area contributed by atoms with Crippen molar-refractivity contribution >= 4 is 17.3 Å². The van der Waals surface area contributed by atoms with Crippen LogP contribution in [0.3, 0.4) is 0 Å². The van der Waals surface area contributed by atoms with Crippen molar-refractivity contribution in [2.24, 2.45) is 5.92 Å². The fraction of sp³-hybridized carbons (Fsp3) is 0.280. The predicted octanol–water partition coefficient (Wildman–Crippen LogP) is 2.66. The number of aromatic nitrogens is 2. The average molecular weight is 448 g/mol. The minimum atomic E-state index is -1.01. The number of benzene rings is 2. The molecule has 0 bridgehead atoms. The number of ketones is 1. The number of carbonyl (C=O) groups is 2. The van der Waals surface area contributed by atoms with Gasteiger partial charge in [0.15, 0.2) is 11.7 Å². The summed E-state index contributed by atoms with van der Waals surface area (Å²) in [6.45, 7) is 3.81. The number of hydrogen-bond acceptors (Lipinski definition) is 7. The Balaban J connectivity index is 1.78. The zero-order valence-corrected chi connectivity index (χ0v) is 18.6. The Hall–Kier alpha value is -3.94. The highest BCUT2D eigenvalue weighted by atomic mass is 16.6. The molecule has 1 aliphatic rings. The van der Waals surface area contributed by atoms with Gasteiger partial charge < -0.3 is 19.1 Å². The van der Waals surface area contributed by atoms with Gasteiger partial charge >= 0.3 is 5.97 Å². The second kappa shape index (κ2) is 9.28. The molecule has 2 atom stereocenters. The van der Waals surface area contributed by atoms with Gasteiger partial charge in [-0.25, -0.2) is 0 Å². The van der Waals surface area contributed by atoms with E-state index in [4.69, 9.17) is 14.0 Å². The summed E-state index contributed by atoms with van der Waals surface area (Å²) in [5.74, 6) is -2.54. The lowest BCUT2D eigenvalue weighted by Crippen LogP contribution is -2.39. The van der Waals surface area contributed by atoms with Crippen molar-refractivity contribution in [1.29, 1.82) is 0 Å². The molecule has 8 heteroatoms. The molecule has 0 saturated heterocycles. The van der Waals surface area contributed by atoms with Gasteiger partial charge in [0, 0.05) is 23.6 Å². The summed E-state index contributed by atoms with van der Waals surface area (Å²) in [5, 5.41) is 16.5. The van der Waals surface area contributed by atoms with E-state index in [1.807, 2.05) is 43.3 Å². The Morgan fingerprint density at radius 1 is 1.18 bits per heavy atom. The highest BCUT2D eigenvalue weighted by Crippen LogP contribution is 2.41. The number of carbonyl (C=O) groups excluding carboxylic acids is 2. The van der Waals surface area contributed by atoms with E-state index in [2.05, 4.69) is 5.27 Å². The molecule has 0 aliphatic heterocycles.